The summed E-state index contributed by atoms with van der Waals surface area (Å²) in [6, 6.07) is 2.49. The minimum Gasteiger partial charge on any atom is -0.391 e. The van der Waals surface area contributed by atoms with Gasteiger partial charge in [0.25, 0.3) is 0 Å². The first-order chi connectivity index (χ1) is 9.81. The van der Waals surface area contributed by atoms with Crippen molar-refractivity contribution in [2.24, 2.45) is 5.92 Å². The number of aliphatic hydroxyl groups excluding tert-OH is 1. The third-order valence-electron chi connectivity index (χ3n) is 3.39. The van der Waals surface area contributed by atoms with E-state index in [9.17, 15) is 13.5 Å². The number of hydrogen-bond acceptors (Lipinski definition) is 4. The van der Waals surface area contributed by atoms with Crippen molar-refractivity contribution in [2.75, 3.05) is 0 Å². The Kier molecular flexibility index (Phi) is 7.36. The molecule has 0 bridgehead atoms. The van der Waals surface area contributed by atoms with E-state index in [0.717, 1.165) is 17.8 Å². The van der Waals surface area contributed by atoms with E-state index in [0.29, 0.717) is 10.8 Å². The summed E-state index contributed by atoms with van der Waals surface area (Å²) in [6.07, 6.45) is 4.09. The predicted octanol–water partition coefficient (Wildman–Crippen LogP) is 3.42. The molecular formula is C14H22ClNO3S2. The molecule has 7 heteroatoms. The third-order valence-corrected chi connectivity index (χ3v) is 6.57. The largest absolute Gasteiger partial charge is 0.391 e. The minimum absolute atomic E-state index is 0.0236. The van der Waals surface area contributed by atoms with E-state index in [1.165, 1.54) is 6.07 Å². The molecule has 4 nitrogen and oxygen atoms in total. The Labute approximate surface area is 135 Å². The molecule has 21 heavy (non-hydrogen) atoms. The Hall–Kier alpha value is -0.400. The quantitative estimate of drug-likeness (QED) is 0.705. The zero-order valence-electron chi connectivity index (χ0n) is 12.4. The summed E-state index contributed by atoms with van der Waals surface area (Å²) in [5.41, 5.74) is 0. The van der Waals surface area contributed by atoms with Crippen LogP contribution in [0.4, 0.5) is 0 Å². The fraction of sp³-hybridized carbons (Fsp3) is 0.571. The van der Waals surface area contributed by atoms with E-state index in [-0.39, 0.29) is 10.1 Å². The van der Waals surface area contributed by atoms with Crippen LogP contribution in [0.1, 0.15) is 33.6 Å². The smallest absolute Gasteiger partial charge is 0.250 e. The molecule has 3 atom stereocenters. The van der Waals surface area contributed by atoms with Crippen LogP contribution < -0.4 is 4.72 Å². The second-order valence-corrected chi connectivity index (χ2v) is 8.62. The van der Waals surface area contributed by atoms with Crippen LogP contribution in [0.15, 0.2) is 28.5 Å². The van der Waals surface area contributed by atoms with Gasteiger partial charge in [-0.1, -0.05) is 44.0 Å². The normalized spacial score (nSPS) is 17.0. The van der Waals surface area contributed by atoms with Crippen molar-refractivity contribution >= 4 is 33.0 Å². The first-order valence-corrected chi connectivity index (χ1v) is 9.56. The fourth-order valence-electron chi connectivity index (χ4n) is 1.93. The average Bonchev–Trinajstić information content (AvgIpc) is 2.88. The zero-order valence-corrected chi connectivity index (χ0v) is 14.8. The van der Waals surface area contributed by atoms with Gasteiger partial charge in [0.1, 0.15) is 4.21 Å². The molecule has 0 aliphatic carbocycles. The molecule has 0 fully saturated rings. The Morgan fingerprint density at radius 3 is 2.62 bits per heavy atom. The van der Waals surface area contributed by atoms with E-state index in [2.05, 4.69) is 4.72 Å². The van der Waals surface area contributed by atoms with Crippen LogP contribution in [0, 0.1) is 5.92 Å². The van der Waals surface area contributed by atoms with Gasteiger partial charge in [0.15, 0.2) is 0 Å². The van der Waals surface area contributed by atoms with Crippen molar-refractivity contribution in [1.82, 2.24) is 4.72 Å². The molecule has 0 aliphatic heterocycles. The van der Waals surface area contributed by atoms with E-state index >= 15 is 0 Å². The SMILES string of the molecule is C/C=C/C[C@H](O)[C@H](NS(=O)(=O)c1ccc(Cl)s1)[C@@H](C)CC. The molecule has 0 aliphatic rings. The molecule has 0 aromatic carbocycles. The number of aliphatic hydroxyl groups is 1. The molecule has 120 valence electrons. The summed E-state index contributed by atoms with van der Waals surface area (Å²) < 4.78 is 27.9. The maximum absolute atomic E-state index is 12.4. The van der Waals surface area contributed by atoms with Crippen molar-refractivity contribution < 1.29 is 13.5 Å². The van der Waals surface area contributed by atoms with Crippen molar-refractivity contribution in [3.05, 3.63) is 28.6 Å². The molecule has 1 aromatic heterocycles. The van der Waals surface area contributed by atoms with E-state index in [1.54, 1.807) is 6.07 Å². The van der Waals surface area contributed by atoms with Gasteiger partial charge in [-0.2, -0.15) is 0 Å². The lowest BCUT2D eigenvalue weighted by Gasteiger charge is -2.28. The van der Waals surface area contributed by atoms with Crippen LogP contribution in [0.5, 0.6) is 0 Å². The molecule has 0 saturated heterocycles. The van der Waals surface area contributed by atoms with Gasteiger partial charge in [0.2, 0.25) is 10.0 Å². The van der Waals surface area contributed by atoms with Gasteiger partial charge in [-0.05, 0) is 31.4 Å². The Morgan fingerprint density at radius 1 is 1.48 bits per heavy atom. The summed E-state index contributed by atoms with van der Waals surface area (Å²) in [5, 5.41) is 10.3. The zero-order chi connectivity index (χ0) is 16.0. The number of hydrogen-bond donors (Lipinski definition) is 2. The molecule has 0 radical (unpaired) electrons. The molecular weight excluding hydrogens is 330 g/mol. The molecule has 1 heterocycles. The Morgan fingerprint density at radius 2 is 2.14 bits per heavy atom. The van der Waals surface area contributed by atoms with Crippen LogP contribution >= 0.6 is 22.9 Å². The molecule has 0 saturated carbocycles. The first kappa shape index (κ1) is 18.6. The number of nitrogens with one attached hydrogen (secondary N) is 1. The summed E-state index contributed by atoms with van der Waals surface area (Å²) >= 11 is 6.80. The number of halogens is 1. The molecule has 0 spiro atoms. The summed E-state index contributed by atoms with van der Waals surface area (Å²) in [5.74, 6) is 0.0236. The van der Waals surface area contributed by atoms with Gasteiger partial charge in [-0.25, -0.2) is 13.1 Å². The highest BCUT2D eigenvalue weighted by atomic mass is 35.5. The summed E-state index contributed by atoms with van der Waals surface area (Å²) in [7, 11) is -3.66. The maximum Gasteiger partial charge on any atom is 0.250 e. The van der Waals surface area contributed by atoms with Crippen LogP contribution in [0.2, 0.25) is 4.34 Å². The van der Waals surface area contributed by atoms with Gasteiger partial charge in [-0.3, -0.25) is 0 Å². The number of thiophene rings is 1. The van der Waals surface area contributed by atoms with Crippen molar-refractivity contribution in [1.29, 1.82) is 0 Å². The van der Waals surface area contributed by atoms with E-state index in [4.69, 9.17) is 11.6 Å². The average molecular weight is 352 g/mol. The lowest BCUT2D eigenvalue weighted by Crippen LogP contribution is -2.47. The molecule has 0 amide bonds. The van der Waals surface area contributed by atoms with Crippen molar-refractivity contribution in [3.63, 3.8) is 0 Å². The van der Waals surface area contributed by atoms with Gasteiger partial charge >= 0.3 is 0 Å². The van der Waals surface area contributed by atoms with Gasteiger partial charge < -0.3 is 5.11 Å². The lowest BCUT2D eigenvalue weighted by molar-refractivity contribution is 0.114. The minimum atomic E-state index is -3.66. The van der Waals surface area contributed by atoms with Gasteiger partial charge in [0.05, 0.1) is 16.5 Å². The monoisotopic (exact) mass is 351 g/mol. The number of allylic oxidation sites excluding steroid dienone is 1. The highest BCUT2D eigenvalue weighted by Gasteiger charge is 2.29. The molecule has 0 unspecified atom stereocenters. The third kappa shape index (κ3) is 5.38. The lowest BCUT2D eigenvalue weighted by atomic mass is 9.93. The molecule has 1 aromatic rings. The molecule has 2 N–H and O–H groups in total. The second kappa shape index (κ2) is 8.29. The van der Waals surface area contributed by atoms with Gasteiger partial charge in [-0.15, -0.1) is 11.3 Å². The Balaban J connectivity index is 2.95. The maximum atomic E-state index is 12.4. The highest BCUT2D eigenvalue weighted by molar-refractivity contribution is 7.91. The van der Waals surface area contributed by atoms with Crippen LogP contribution in [-0.4, -0.2) is 25.7 Å². The number of sulfonamides is 1. The number of rotatable bonds is 8. The topological polar surface area (TPSA) is 66.4 Å². The van der Waals surface area contributed by atoms with E-state index < -0.39 is 22.2 Å². The molecule has 1 rings (SSSR count). The van der Waals surface area contributed by atoms with Crippen LogP contribution in [0.25, 0.3) is 0 Å². The van der Waals surface area contributed by atoms with E-state index in [1.807, 2.05) is 32.9 Å². The second-order valence-electron chi connectivity index (χ2n) is 4.96. The highest BCUT2D eigenvalue weighted by Crippen LogP contribution is 2.26. The Bertz CT molecular complexity index is 569. The predicted molar refractivity (Wildman–Crippen MR) is 88.3 cm³/mol. The standard InChI is InChI=1S/C14H22ClNO3S2/c1-4-6-7-11(17)14(10(3)5-2)16-21(18,19)13-9-8-12(15)20-13/h4,6,8-11,14,16-17H,5,7H2,1-3H3/b6-4+/t10-,11-,14+/m0/s1. The van der Waals surface area contributed by atoms with Crippen molar-refractivity contribution in [2.45, 2.75) is 50.0 Å². The van der Waals surface area contributed by atoms with Crippen molar-refractivity contribution in [3.8, 4) is 0 Å². The van der Waals surface area contributed by atoms with Gasteiger partial charge in [0, 0.05) is 0 Å². The fourth-order valence-corrected chi connectivity index (χ4v) is 4.81. The van der Waals surface area contributed by atoms with Crippen LogP contribution in [-0.2, 0) is 10.0 Å². The summed E-state index contributed by atoms with van der Waals surface area (Å²) in [4.78, 5) is 0. The van der Waals surface area contributed by atoms with Crippen LogP contribution in [0.3, 0.4) is 0 Å². The first-order valence-electron chi connectivity index (χ1n) is 6.88. The summed E-state index contributed by atoms with van der Waals surface area (Å²) in [6.45, 7) is 5.76.